The third-order valence-corrected chi connectivity index (χ3v) is 4.85. The Morgan fingerprint density at radius 3 is 2.71 bits per heavy atom. The highest BCUT2D eigenvalue weighted by atomic mass is 35.5. The van der Waals surface area contributed by atoms with E-state index in [0.717, 1.165) is 5.69 Å². The average Bonchev–Trinajstić information content (AvgIpc) is 2.56. The van der Waals surface area contributed by atoms with Crippen LogP contribution in [0.1, 0.15) is 12.1 Å². The number of nitrogens with zero attached hydrogens (tertiary/aromatic N) is 3. The number of anilines is 1. The molecule has 1 atom stereocenters. The maximum absolute atomic E-state index is 11.4. The standard InChI is InChI=1S/C10H14ClN3O2S/c1-7-5-9(13-10(11)12-7)14(2)8-3-4-17(15,16)6-8/h5,8H,3-4,6H2,1-2H3. The second kappa shape index (κ2) is 4.42. The van der Waals surface area contributed by atoms with Crippen LogP contribution in [0.25, 0.3) is 0 Å². The summed E-state index contributed by atoms with van der Waals surface area (Å²) >= 11 is 5.79. The van der Waals surface area contributed by atoms with Crippen molar-refractivity contribution in [2.75, 3.05) is 23.5 Å². The van der Waals surface area contributed by atoms with Crippen molar-refractivity contribution in [1.82, 2.24) is 9.97 Å². The SMILES string of the molecule is Cc1cc(N(C)C2CCS(=O)(=O)C2)nc(Cl)n1. The fraction of sp³-hybridized carbons (Fsp3) is 0.600. The summed E-state index contributed by atoms with van der Waals surface area (Å²) in [5.41, 5.74) is 0.771. The molecule has 1 saturated heterocycles. The third-order valence-electron chi connectivity index (χ3n) is 2.93. The highest BCUT2D eigenvalue weighted by Gasteiger charge is 2.31. The molecule has 1 aliphatic heterocycles. The topological polar surface area (TPSA) is 63.2 Å². The Kier molecular flexibility index (Phi) is 3.27. The van der Waals surface area contributed by atoms with Crippen LogP contribution in [-0.4, -0.2) is 43.0 Å². The van der Waals surface area contributed by atoms with Gasteiger partial charge in [0, 0.05) is 24.8 Å². The van der Waals surface area contributed by atoms with Crippen molar-refractivity contribution < 1.29 is 8.42 Å². The quantitative estimate of drug-likeness (QED) is 0.756. The molecule has 0 spiro atoms. The van der Waals surface area contributed by atoms with Crippen LogP contribution in [0, 0.1) is 6.92 Å². The second-order valence-electron chi connectivity index (χ2n) is 4.30. The van der Waals surface area contributed by atoms with Gasteiger partial charge in [-0.1, -0.05) is 0 Å². The largest absolute Gasteiger partial charge is 0.355 e. The first-order valence-corrected chi connectivity index (χ1v) is 7.52. The minimum absolute atomic E-state index is 0.0228. The van der Waals surface area contributed by atoms with Gasteiger partial charge in [0.1, 0.15) is 5.82 Å². The Bertz CT molecular complexity index is 512. The number of aromatic nitrogens is 2. The van der Waals surface area contributed by atoms with Gasteiger partial charge in [-0.25, -0.2) is 18.4 Å². The molecular weight excluding hydrogens is 262 g/mol. The Balaban J connectivity index is 2.23. The van der Waals surface area contributed by atoms with Crippen molar-refractivity contribution in [3.05, 3.63) is 17.0 Å². The number of hydrogen-bond donors (Lipinski definition) is 0. The fourth-order valence-electron chi connectivity index (χ4n) is 1.97. The number of sulfone groups is 1. The van der Waals surface area contributed by atoms with Crippen molar-refractivity contribution in [3.8, 4) is 0 Å². The van der Waals surface area contributed by atoms with Crippen LogP contribution in [0.3, 0.4) is 0 Å². The lowest BCUT2D eigenvalue weighted by molar-refractivity contribution is 0.600. The van der Waals surface area contributed by atoms with E-state index in [4.69, 9.17) is 11.6 Å². The molecule has 0 aromatic carbocycles. The molecule has 0 saturated carbocycles. The van der Waals surface area contributed by atoms with Crippen molar-refractivity contribution in [2.45, 2.75) is 19.4 Å². The summed E-state index contributed by atoms with van der Waals surface area (Å²) in [5, 5.41) is 0.188. The molecule has 1 aromatic heterocycles. The van der Waals surface area contributed by atoms with E-state index in [2.05, 4.69) is 9.97 Å². The van der Waals surface area contributed by atoms with Crippen LogP contribution in [0.4, 0.5) is 5.82 Å². The highest BCUT2D eigenvalue weighted by molar-refractivity contribution is 7.91. The first-order chi connectivity index (χ1) is 7.87. The number of halogens is 1. The Morgan fingerprint density at radius 2 is 2.18 bits per heavy atom. The maximum Gasteiger partial charge on any atom is 0.224 e. The lowest BCUT2D eigenvalue weighted by Gasteiger charge is -2.24. The minimum Gasteiger partial charge on any atom is -0.355 e. The second-order valence-corrected chi connectivity index (χ2v) is 6.87. The summed E-state index contributed by atoms with van der Waals surface area (Å²) in [4.78, 5) is 9.96. The number of rotatable bonds is 2. The Hall–Kier alpha value is -0.880. The van der Waals surface area contributed by atoms with E-state index in [1.165, 1.54) is 0 Å². The lowest BCUT2D eigenvalue weighted by Crippen LogP contribution is -2.33. The molecule has 2 heterocycles. The van der Waals surface area contributed by atoms with Gasteiger partial charge in [-0.2, -0.15) is 0 Å². The molecule has 94 valence electrons. The van der Waals surface area contributed by atoms with E-state index in [1.54, 1.807) is 6.07 Å². The molecule has 0 amide bonds. The minimum atomic E-state index is -2.89. The first kappa shape index (κ1) is 12.6. The van der Waals surface area contributed by atoms with Gasteiger partial charge in [-0.3, -0.25) is 0 Å². The number of hydrogen-bond acceptors (Lipinski definition) is 5. The fourth-order valence-corrected chi connectivity index (χ4v) is 3.96. The zero-order chi connectivity index (χ0) is 12.6. The van der Waals surface area contributed by atoms with E-state index in [-0.39, 0.29) is 22.8 Å². The molecule has 1 fully saturated rings. The number of aryl methyl sites for hydroxylation is 1. The summed E-state index contributed by atoms with van der Waals surface area (Å²) < 4.78 is 22.9. The monoisotopic (exact) mass is 275 g/mol. The Morgan fingerprint density at radius 1 is 1.47 bits per heavy atom. The van der Waals surface area contributed by atoms with Crippen LogP contribution in [0.5, 0.6) is 0 Å². The zero-order valence-electron chi connectivity index (χ0n) is 9.72. The van der Waals surface area contributed by atoms with Gasteiger partial charge in [0.15, 0.2) is 9.84 Å². The van der Waals surface area contributed by atoms with Gasteiger partial charge >= 0.3 is 0 Å². The van der Waals surface area contributed by atoms with E-state index < -0.39 is 9.84 Å². The van der Waals surface area contributed by atoms with E-state index >= 15 is 0 Å². The van der Waals surface area contributed by atoms with Crippen molar-refractivity contribution in [3.63, 3.8) is 0 Å². The van der Waals surface area contributed by atoms with Crippen LogP contribution in [0.2, 0.25) is 5.28 Å². The zero-order valence-corrected chi connectivity index (χ0v) is 11.3. The smallest absolute Gasteiger partial charge is 0.224 e. The molecule has 1 aliphatic rings. The summed E-state index contributed by atoms with van der Waals surface area (Å²) in [6.45, 7) is 1.83. The normalized spacial score (nSPS) is 22.6. The molecule has 0 aliphatic carbocycles. The molecule has 1 unspecified atom stereocenters. The highest BCUT2D eigenvalue weighted by Crippen LogP contribution is 2.22. The van der Waals surface area contributed by atoms with Gasteiger partial charge in [0.05, 0.1) is 11.5 Å². The van der Waals surface area contributed by atoms with Gasteiger partial charge in [0.2, 0.25) is 5.28 Å². The van der Waals surface area contributed by atoms with Gasteiger partial charge in [0.25, 0.3) is 0 Å². The molecular formula is C10H14ClN3O2S. The molecule has 17 heavy (non-hydrogen) atoms. The van der Waals surface area contributed by atoms with Crippen LogP contribution >= 0.6 is 11.6 Å². The molecule has 0 radical (unpaired) electrons. The molecule has 1 aromatic rings. The molecule has 7 heteroatoms. The predicted octanol–water partition coefficient (Wildman–Crippen LogP) is 1.06. The van der Waals surface area contributed by atoms with Gasteiger partial charge in [-0.05, 0) is 24.9 Å². The van der Waals surface area contributed by atoms with Crippen LogP contribution in [0.15, 0.2) is 6.07 Å². The summed E-state index contributed by atoms with van der Waals surface area (Å²) in [7, 11) is -1.05. The van der Waals surface area contributed by atoms with Crippen molar-refractivity contribution in [1.29, 1.82) is 0 Å². The first-order valence-electron chi connectivity index (χ1n) is 5.32. The van der Waals surface area contributed by atoms with Crippen molar-refractivity contribution in [2.24, 2.45) is 0 Å². The molecule has 0 N–H and O–H groups in total. The molecule has 5 nitrogen and oxygen atoms in total. The van der Waals surface area contributed by atoms with Gasteiger partial charge in [-0.15, -0.1) is 0 Å². The predicted molar refractivity (Wildman–Crippen MR) is 67.2 cm³/mol. The summed E-state index contributed by atoms with van der Waals surface area (Å²) in [5.74, 6) is 1.11. The summed E-state index contributed by atoms with van der Waals surface area (Å²) in [6, 6.07) is 1.78. The van der Waals surface area contributed by atoms with Gasteiger partial charge < -0.3 is 4.90 Å². The maximum atomic E-state index is 11.4. The van der Waals surface area contributed by atoms with E-state index in [1.807, 2.05) is 18.9 Å². The molecule has 2 rings (SSSR count). The van der Waals surface area contributed by atoms with Crippen LogP contribution in [-0.2, 0) is 9.84 Å². The summed E-state index contributed by atoms with van der Waals surface area (Å²) in [6.07, 6.45) is 0.638. The van der Waals surface area contributed by atoms with Crippen molar-refractivity contribution >= 4 is 27.3 Å². The average molecular weight is 276 g/mol. The lowest BCUT2D eigenvalue weighted by atomic mass is 10.2. The Labute approximate surface area is 106 Å². The van der Waals surface area contributed by atoms with Crippen LogP contribution < -0.4 is 4.90 Å². The molecule has 0 bridgehead atoms. The van der Waals surface area contributed by atoms with E-state index in [9.17, 15) is 8.42 Å². The third kappa shape index (κ3) is 2.87. The van der Waals surface area contributed by atoms with E-state index in [0.29, 0.717) is 12.2 Å².